The topological polar surface area (TPSA) is 23.5 Å². The number of thiophene rings is 1. The fraction of sp³-hybridized carbons (Fsp3) is 0.222. The number of aliphatic hydroxyl groups is 1. The summed E-state index contributed by atoms with van der Waals surface area (Å²) in [4.78, 5) is 2.27. The monoisotopic (exact) mass is 295 g/mol. The van der Waals surface area contributed by atoms with E-state index >= 15 is 0 Å². The van der Waals surface area contributed by atoms with Gasteiger partial charge in [0.25, 0.3) is 0 Å². The molecule has 0 amide bonds. The third kappa shape index (κ3) is 2.04. The summed E-state index contributed by atoms with van der Waals surface area (Å²) >= 11 is 1.69. The Morgan fingerprint density at radius 1 is 1.19 bits per heavy atom. The van der Waals surface area contributed by atoms with Gasteiger partial charge >= 0.3 is 0 Å². The molecule has 0 radical (unpaired) electrons. The van der Waals surface area contributed by atoms with Crippen LogP contribution in [0.15, 0.2) is 47.8 Å². The van der Waals surface area contributed by atoms with Crippen LogP contribution in [0.1, 0.15) is 22.8 Å². The van der Waals surface area contributed by atoms with Crippen LogP contribution in [-0.4, -0.2) is 18.7 Å². The zero-order valence-electron chi connectivity index (χ0n) is 11.9. The molecular formula is C18H17NOS. The quantitative estimate of drug-likeness (QED) is 0.773. The first-order chi connectivity index (χ1) is 10.2. The lowest BCUT2D eigenvalue weighted by molar-refractivity contribution is 0.222. The highest BCUT2D eigenvalue weighted by Crippen LogP contribution is 2.35. The molecule has 1 unspecified atom stereocenters. The Hall–Kier alpha value is -1.84. The number of likely N-dealkylation sites (N-methyl/N-ethyl adjacent to an activating group) is 1. The molecule has 0 aliphatic carbocycles. The van der Waals surface area contributed by atoms with Crippen molar-refractivity contribution in [3.05, 3.63) is 64.5 Å². The van der Waals surface area contributed by atoms with Crippen LogP contribution in [0.4, 0.5) is 5.69 Å². The summed E-state index contributed by atoms with van der Waals surface area (Å²) in [6, 6.07) is 14.6. The van der Waals surface area contributed by atoms with E-state index in [-0.39, 0.29) is 0 Å². The Bertz CT molecular complexity index is 808. The van der Waals surface area contributed by atoms with Crippen LogP contribution in [0.25, 0.3) is 10.1 Å². The Balaban J connectivity index is 1.78. The maximum absolute atomic E-state index is 10.8. The first kappa shape index (κ1) is 12.9. The number of hydrogen-bond donors (Lipinski definition) is 1. The van der Waals surface area contributed by atoms with E-state index in [0.717, 1.165) is 24.1 Å². The first-order valence-corrected chi connectivity index (χ1v) is 8.10. The molecule has 0 saturated carbocycles. The zero-order chi connectivity index (χ0) is 14.4. The van der Waals surface area contributed by atoms with Gasteiger partial charge in [-0.3, -0.25) is 0 Å². The molecule has 2 aromatic carbocycles. The smallest absolute Gasteiger partial charge is 0.105 e. The van der Waals surface area contributed by atoms with Crippen molar-refractivity contribution in [1.29, 1.82) is 0 Å². The van der Waals surface area contributed by atoms with E-state index in [0.29, 0.717) is 0 Å². The molecule has 2 nitrogen and oxygen atoms in total. The molecule has 3 heteroatoms. The summed E-state index contributed by atoms with van der Waals surface area (Å²) in [5.74, 6) is 0. The van der Waals surface area contributed by atoms with Crippen LogP contribution in [0.3, 0.4) is 0 Å². The second-order valence-corrected chi connectivity index (χ2v) is 6.56. The Kier molecular flexibility index (Phi) is 2.98. The van der Waals surface area contributed by atoms with Gasteiger partial charge in [0.05, 0.1) is 0 Å². The van der Waals surface area contributed by atoms with E-state index < -0.39 is 6.10 Å². The van der Waals surface area contributed by atoms with Gasteiger partial charge in [0.2, 0.25) is 0 Å². The van der Waals surface area contributed by atoms with E-state index in [1.54, 1.807) is 11.3 Å². The Labute approximate surface area is 128 Å². The van der Waals surface area contributed by atoms with Gasteiger partial charge in [0.15, 0.2) is 0 Å². The van der Waals surface area contributed by atoms with Gasteiger partial charge in [-0.2, -0.15) is 0 Å². The molecule has 1 aromatic heterocycles. The molecule has 3 aromatic rings. The molecule has 1 aliphatic rings. The lowest BCUT2D eigenvalue weighted by Gasteiger charge is -2.16. The number of fused-ring (bicyclic) bond motifs is 2. The first-order valence-electron chi connectivity index (χ1n) is 7.22. The largest absolute Gasteiger partial charge is 0.384 e. The minimum Gasteiger partial charge on any atom is -0.384 e. The highest BCUT2D eigenvalue weighted by atomic mass is 32.1. The van der Waals surface area contributed by atoms with Gasteiger partial charge in [0.1, 0.15) is 6.10 Å². The highest BCUT2D eigenvalue weighted by Gasteiger charge is 2.19. The van der Waals surface area contributed by atoms with Gasteiger partial charge < -0.3 is 10.0 Å². The van der Waals surface area contributed by atoms with E-state index in [1.807, 2.05) is 12.1 Å². The number of aliphatic hydroxyl groups excluding tert-OH is 1. The van der Waals surface area contributed by atoms with E-state index in [9.17, 15) is 5.11 Å². The normalized spacial score (nSPS) is 15.4. The third-order valence-electron chi connectivity index (χ3n) is 4.35. The van der Waals surface area contributed by atoms with Crippen LogP contribution < -0.4 is 4.90 Å². The number of benzene rings is 2. The summed E-state index contributed by atoms with van der Waals surface area (Å²) in [5, 5.41) is 14.1. The summed E-state index contributed by atoms with van der Waals surface area (Å²) < 4.78 is 1.18. The molecule has 1 atom stereocenters. The van der Waals surface area contributed by atoms with Crippen LogP contribution in [0.5, 0.6) is 0 Å². The van der Waals surface area contributed by atoms with Gasteiger partial charge in [-0.1, -0.05) is 30.3 Å². The molecule has 1 N–H and O–H groups in total. The summed E-state index contributed by atoms with van der Waals surface area (Å²) in [6.07, 6.45) is 0.513. The standard InChI is InChI=1S/C18H17NOS/c1-19-9-7-13-11-14(5-6-16(13)19)17(20)15-4-2-3-12-8-10-21-18(12)15/h2-6,8,10-11,17,20H,7,9H2,1H3. The molecule has 4 rings (SSSR count). The van der Waals surface area contributed by atoms with E-state index in [2.05, 4.69) is 47.7 Å². The molecule has 0 saturated heterocycles. The van der Waals surface area contributed by atoms with Gasteiger partial charge in [-0.25, -0.2) is 0 Å². The molecular weight excluding hydrogens is 278 g/mol. The number of rotatable bonds is 2. The Morgan fingerprint density at radius 3 is 3.00 bits per heavy atom. The van der Waals surface area contributed by atoms with Crippen molar-refractivity contribution in [3.8, 4) is 0 Å². The van der Waals surface area contributed by atoms with Crippen LogP contribution in [0.2, 0.25) is 0 Å². The molecule has 1 aliphatic heterocycles. The van der Waals surface area contributed by atoms with Crippen molar-refractivity contribution in [2.45, 2.75) is 12.5 Å². The maximum atomic E-state index is 10.8. The van der Waals surface area contributed by atoms with E-state index in [4.69, 9.17) is 0 Å². The number of hydrogen-bond acceptors (Lipinski definition) is 3. The number of nitrogens with zero attached hydrogens (tertiary/aromatic N) is 1. The highest BCUT2D eigenvalue weighted by molar-refractivity contribution is 7.17. The molecule has 21 heavy (non-hydrogen) atoms. The van der Waals surface area contributed by atoms with Gasteiger partial charge in [-0.05, 0) is 40.4 Å². The Morgan fingerprint density at radius 2 is 2.10 bits per heavy atom. The minimum atomic E-state index is -0.552. The maximum Gasteiger partial charge on any atom is 0.105 e. The molecule has 0 fully saturated rings. The number of anilines is 1. The van der Waals surface area contributed by atoms with Crippen molar-refractivity contribution in [2.24, 2.45) is 0 Å². The predicted octanol–water partition coefficient (Wildman–Crippen LogP) is 3.98. The molecule has 106 valence electrons. The van der Waals surface area contributed by atoms with Crippen molar-refractivity contribution >= 4 is 27.1 Å². The molecule has 2 heterocycles. The SMILES string of the molecule is CN1CCc2cc(C(O)c3cccc4ccsc34)ccc21. The molecule has 0 spiro atoms. The van der Waals surface area contributed by atoms with Crippen molar-refractivity contribution < 1.29 is 5.11 Å². The van der Waals surface area contributed by atoms with Crippen molar-refractivity contribution in [3.63, 3.8) is 0 Å². The summed E-state index contributed by atoms with van der Waals surface area (Å²) in [6.45, 7) is 1.06. The van der Waals surface area contributed by atoms with Crippen molar-refractivity contribution in [1.82, 2.24) is 0 Å². The zero-order valence-corrected chi connectivity index (χ0v) is 12.7. The lowest BCUT2D eigenvalue weighted by Crippen LogP contribution is -2.12. The van der Waals surface area contributed by atoms with Crippen LogP contribution in [0, 0.1) is 0 Å². The van der Waals surface area contributed by atoms with Gasteiger partial charge in [-0.15, -0.1) is 11.3 Å². The minimum absolute atomic E-state index is 0.552. The predicted molar refractivity (Wildman–Crippen MR) is 89.3 cm³/mol. The average molecular weight is 295 g/mol. The second-order valence-electron chi connectivity index (χ2n) is 5.65. The fourth-order valence-electron chi connectivity index (χ4n) is 3.17. The summed E-state index contributed by atoms with van der Waals surface area (Å²) in [7, 11) is 2.12. The average Bonchev–Trinajstić information content (AvgIpc) is 3.13. The van der Waals surface area contributed by atoms with E-state index in [1.165, 1.54) is 21.3 Å². The lowest BCUT2D eigenvalue weighted by atomic mass is 9.98. The van der Waals surface area contributed by atoms with Crippen molar-refractivity contribution in [2.75, 3.05) is 18.5 Å². The summed E-state index contributed by atoms with van der Waals surface area (Å²) in [5.41, 5.74) is 4.63. The van der Waals surface area contributed by atoms with Crippen LogP contribution >= 0.6 is 11.3 Å². The van der Waals surface area contributed by atoms with Gasteiger partial charge in [0, 0.05) is 29.5 Å². The molecule has 0 bridgehead atoms. The fourth-order valence-corrected chi connectivity index (χ4v) is 4.11. The second kappa shape index (κ2) is 4.86. The third-order valence-corrected chi connectivity index (χ3v) is 5.33. The van der Waals surface area contributed by atoms with Crippen LogP contribution in [-0.2, 0) is 6.42 Å².